The molecule has 1 unspecified atom stereocenters. The first-order valence-corrected chi connectivity index (χ1v) is 10.5. The second kappa shape index (κ2) is 7.68. The molecule has 0 radical (unpaired) electrons. The highest BCUT2D eigenvalue weighted by Crippen LogP contribution is 2.27. The number of nitrogens with zero attached hydrogens (tertiary/aromatic N) is 5. The number of anilines is 2. The Morgan fingerprint density at radius 3 is 2.83 bits per heavy atom. The summed E-state index contributed by atoms with van der Waals surface area (Å²) in [5, 5.41) is 2.67. The fourth-order valence-corrected chi connectivity index (χ4v) is 4.54. The highest BCUT2D eigenvalue weighted by atomic mass is 19.1. The fourth-order valence-electron chi connectivity index (χ4n) is 4.54. The van der Waals surface area contributed by atoms with Crippen LogP contribution in [0, 0.1) is 12.7 Å². The summed E-state index contributed by atoms with van der Waals surface area (Å²) >= 11 is 0. The normalized spacial score (nSPS) is 19.7. The summed E-state index contributed by atoms with van der Waals surface area (Å²) in [5.74, 6) is -0.686. The molecule has 0 aliphatic carbocycles. The first-order chi connectivity index (χ1) is 14.6. The van der Waals surface area contributed by atoms with E-state index in [2.05, 4.69) is 25.1 Å². The van der Waals surface area contributed by atoms with Gasteiger partial charge in [0.2, 0.25) is 0 Å². The molecule has 8 heteroatoms. The molecule has 1 amide bonds. The number of hydrogen-bond donors (Lipinski definition) is 1. The predicted octanol–water partition coefficient (Wildman–Crippen LogP) is 3.10. The number of nitrogens with one attached hydrogen (secondary N) is 1. The largest absolute Gasteiger partial charge is 0.370 e. The van der Waals surface area contributed by atoms with Crippen LogP contribution < -0.4 is 10.2 Å². The maximum atomic E-state index is 14.8. The highest BCUT2D eigenvalue weighted by Gasteiger charge is 2.29. The Bertz CT molecular complexity index is 1090. The fraction of sp³-hybridized carbons (Fsp3) is 0.409. The number of amides is 1. The molecule has 2 saturated heterocycles. The van der Waals surface area contributed by atoms with E-state index in [1.165, 1.54) is 32.0 Å². The van der Waals surface area contributed by atoms with Crippen LogP contribution in [0.1, 0.15) is 35.3 Å². The number of aryl methyl sites for hydroxylation is 1. The Labute approximate surface area is 174 Å². The Morgan fingerprint density at radius 2 is 2.03 bits per heavy atom. The van der Waals surface area contributed by atoms with E-state index < -0.39 is 11.7 Å². The monoisotopic (exact) mass is 408 g/mol. The molecule has 4 heterocycles. The molecule has 5 rings (SSSR count). The van der Waals surface area contributed by atoms with Gasteiger partial charge in [0.15, 0.2) is 5.65 Å². The van der Waals surface area contributed by atoms with Crippen molar-refractivity contribution in [3.05, 3.63) is 53.9 Å². The van der Waals surface area contributed by atoms with E-state index in [0.717, 1.165) is 30.9 Å². The molecule has 0 saturated carbocycles. The summed E-state index contributed by atoms with van der Waals surface area (Å²) in [6.07, 6.45) is 8.74. The van der Waals surface area contributed by atoms with Gasteiger partial charge in [-0.3, -0.25) is 9.69 Å². The minimum absolute atomic E-state index is 0.0118. The van der Waals surface area contributed by atoms with E-state index in [4.69, 9.17) is 0 Å². The highest BCUT2D eigenvalue weighted by molar-refractivity contribution is 6.04. The number of benzene rings is 1. The van der Waals surface area contributed by atoms with Crippen molar-refractivity contribution in [1.82, 2.24) is 19.3 Å². The molecule has 1 N–H and O–H groups in total. The number of imidazole rings is 1. The summed E-state index contributed by atoms with van der Waals surface area (Å²) in [6, 6.07) is 5.41. The lowest BCUT2D eigenvalue weighted by atomic mass is 10.1. The number of aromatic nitrogens is 3. The van der Waals surface area contributed by atoms with Gasteiger partial charge in [0.25, 0.3) is 5.91 Å². The van der Waals surface area contributed by atoms with Crippen LogP contribution in [-0.4, -0.2) is 57.4 Å². The number of hydrogen-bond acceptors (Lipinski definition) is 5. The van der Waals surface area contributed by atoms with Crippen molar-refractivity contribution in [2.24, 2.45) is 0 Å². The van der Waals surface area contributed by atoms with Gasteiger partial charge in [-0.25, -0.2) is 14.4 Å². The van der Waals surface area contributed by atoms with Crippen LogP contribution in [0.25, 0.3) is 5.65 Å². The summed E-state index contributed by atoms with van der Waals surface area (Å²) < 4.78 is 16.6. The van der Waals surface area contributed by atoms with E-state index in [1.54, 1.807) is 22.9 Å². The molecule has 0 spiro atoms. The van der Waals surface area contributed by atoms with Crippen LogP contribution in [0.15, 0.2) is 36.8 Å². The van der Waals surface area contributed by atoms with E-state index in [0.29, 0.717) is 17.5 Å². The zero-order valence-electron chi connectivity index (χ0n) is 17.0. The number of carbonyl (C=O) groups excluding carboxylic acids is 1. The van der Waals surface area contributed by atoms with Crippen LogP contribution in [0.3, 0.4) is 0 Å². The first-order valence-electron chi connectivity index (χ1n) is 10.5. The van der Waals surface area contributed by atoms with Gasteiger partial charge in [0.1, 0.15) is 11.6 Å². The average Bonchev–Trinajstić information content (AvgIpc) is 3.47. The molecule has 156 valence electrons. The first kappa shape index (κ1) is 19.0. The van der Waals surface area contributed by atoms with Gasteiger partial charge < -0.3 is 14.6 Å². The van der Waals surface area contributed by atoms with E-state index in [-0.39, 0.29) is 5.56 Å². The molecule has 30 heavy (non-hydrogen) atoms. The summed E-state index contributed by atoms with van der Waals surface area (Å²) in [4.78, 5) is 25.9. The van der Waals surface area contributed by atoms with Crippen molar-refractivity contribution in [1.29, 1.82) is 0 Å². The second-order valence-corrected chi connectivity index (χ2v) is 8.17. The third-order valence-electron chi connectivity index (χ3n) is 6.09. The van der Waals surface area contributed by atoms with Gasteiger partial charge in [-0.2, -0.15) is 0 Å². The Balaban J connectivity index is 1.28. The van der Waals surface area contributed by atoms with Crippen molar-refractivity contribution in [2.75, 3.05) is 36.4 Å². The van der Waals surface area contributed by atoms with Crippen LogP contribution in [0.2, 0.25) is 0 Å². The molecule has 2 aromatic heterocycles. The van der Waals surface area contributed by atoms with Crippen molar-refractivity contribution in [3.63, 3.8) is 0 Å². The molecular weight excluding hydrogens is 383 g/mol. The minimum atomic E-state index is -0.519. The maximum Gasteiger partial charge on any atom is 0.259 e. The van der Waals surface area contributed by atoms with Gasteiger partial charge in [-0.15, -0.1) is 0 Å². The topological polar surface area (TPSA) is 65.8 Å². The summed E-state index contributed by atoms with van der Waals surface area (Å²) in [5.41, 5.74) is 2.40. The molecule has 0 bridgehead atoms. The minimum Gasteiger partial charge on any atom is -0.370 e. The van der Waals surface area contributed by atoms with Crippen molar-refractivity contribution >= 4 is 23.1 Å². The van der Waals surface area contributed by atoms with Gasteiger partial charge in [0, 0.05) is 31.0 Å². The SMILES string of the molecule is Cc1cn2cc(NC(=O)c3ccc(N4CCC(N5CCCC5)C4)cc3F)ncc2n1. The van der Waals surface area contributed by atoms with E-state index in [1.807, 2.05) is 19.2 Å². The lowest BCUT2D eigenvalue weighted by molar-refractivity contribution is 0.102. The third kappa shape index (κ3) is 3.63. The molecule has 2 fully saturated rings. The molecule has 3 aromatic rings. The average molecular weight is 408 g/mol. The van der Waals surface area contributed by atoms with Crippen LogP contribution in [0.5, 0.6) is 0 Å². The van der Waals surface area contributed by atoms with Gasteiger partial charge >= 0.3 is 0 Å². The standard InChI is InChI=1S/C22H25FN6O/c1-15-12-29-14-20(24-11-21(29)25-15)26-22(30)18-5-4-16(10-19(18)23)28-9-6-17(13-28)27-7-2-3-8-27/h4-5,10-12,14,17H,2-3,6-9,13H2,1H3,(H,26,30). The number of halogens is 1. The predicted molar refractivity (Wildman–Crippen MR) is 114 cm³/mol. The second-order valence-electron chi connectivity index (χ2n) is 8.17. The summed E-state index contributed by atoms with van der Waals surface area (Å²) in [6.45, 7) is 6.06. The zero-order chi connectivity index (χ0) is 20.7. The lowest BCUT2D eigenvalue weighted by Gasteiger charge is -2.24. The lowest BCUT2D eigenvalue weighted by Crippen LogP contribution is -2.35. The molecule has 2 aliphatic heterocycles. The molecule has 2 aliphatic rings. The van der Waals surface area contributed by atoms with Crippen LogP contribution in [0.4, 0.5) is 15.9 Å². The number of likely N-dealkylation sites (tertiary alicyclic amines) is 1. The van der Waals surface area contributed by atoms with E-state index >= 15 is 0 Å². The van der Waals surface area contributed by atoms with Gasteiger partial charge in [-0.1, -0.05) is 0 Å². The molecule has 7 nitrogen and oxygen atoms in total. The van der Waals surface area contributed by atoms with Crippen molar-refractivity contribution in [2.45, 2.75) is 32.2 Å². The van der Waals surface area contributed by atoms with Crippen molar-refractivity contribution in [3.8, 4) is 0 Å². The Kier molecular flexibility index (Phi) is 4.86. The number of fused-ring (bicyclic) bond motifs is 1. The summed E-state index contributed by atoms with van der Waals surface area (Å²) in [7, 11) is 0. The number of carbonyl (C=O) groups is 1. The number of rotatable bonds is 4. The van der Waals surface area contributed by atoms with Gasteiger partial charge in [0.05, 0.1) is 23.7 Å². The zero-order valence-corrected chi connectivity index (χ0v) is 17.0. The van der Waals surface area contributed by atoms with Crippen molar-refractivity contribution < 1.29 is 9.18 Å². The van der Waals surface area contributed by atoms with Gasteiger partial charge in [-0.05, 0) is 57.5 Å². The smallest absolute Gasteiger partial charge is 0.259 e. The van der Waals surface area contributed by atoms with Crippen LogP contribution >= 0.6 is 0 Å². The Hall–Kier alpha value is -3.00. The molecule has 1 aromatic carbocycles. The maximum absolute atomic E-state index is 14.8. The Morgan fingerprint density at radius 1 is 1.20 bits per heavy atom. The van der Waals surface area contributed by atoms with Crippen LogP contribution in [-0.2, 0) is 0 Å². The molecule has 1 atom stereocenters. The molecular formula is C22H25FN6O. The third-order valence-corrected chi connectivity index (χ3v) is 6.09. The van der Waals surface area contributed by atoms with E-state index in [9.17, 15) is 9.18 Å². The quantitative estimate of drug-likeness (QED) is 0.719.